The lowest BCUT2D eigenvalue weighted by Crippen LogP contribution is -2.39. The molecular weight excluding hydrogens is 304 g/mol. The lowest BCUT2D eigenvalue weighted by atomic mass is 10.0. The van der Waals surface area contributed by atoms with E-state index in [0.29, 0.717) is 17.3 Å². The monoisotopic (exact) mass is 322 g/mol. The van der Waals surface area contributed by atoms with E-state index in [2.05, 4.69) is 10.3 Å². The summed E-state index contributed by atoms with van der Waals surface area (Å²) in [5.41, 5.74) is -1.35. The second-order valence-electron chi connectivity index (χ2n) is 5.49. The fourth-order valence-corrected chi connectivity index (χ4v) is 2.03. The van der Waals surface area contributed by atoms with Crippen molar-refractivity contribution in [3.05, 3.63) is 45.8 Å². The first-order valence-corrected chi connectivity index (χ1v) is 6.93. The third-order valence-corrected chi connectivity index (χ3v) is 3.37. The molecule has 1 atom stereocenters. The van der Waals surface area contributed by atoms with Crippen LogP contribution in [0.2, 0.25) is 0 Å². The zero-order valence-electron chi connectivity index (χ0n) is 13.1. The van der Waals surface area contributed by atoms with E-state index in [1.54, 1.807) is 26.0 Å². The van der Waals surface area contributed by atoms with Gasteiger partial charge < -0.3 is 25.0 Å². The Labute approximate surface area is 132 Å². The van der Waals surface area contributed by atoms with Crippen LogP contribution in [-0.4, -0.2) is 32.0 Å². The summed E-state index contributed by atoms with van der Waals surface area (Å²) in [6.45, 7) is 4.68. The molecule has 0 saturated heterocycles. The van der Waals surface area contributed by atoms with Gasteiger partial charge in [0.25, 0.3) is 0 Å². The number of amides is 1. The summed E-state index contributed by atoms with van der Waals surface area (Å²) < 4.78 is 6.73. The third-order valence-electron chi connectivity index (χ3n) is 3.37. The minimum absolute atomic E-state index is 0.0470. The highest BCUT2D eigenvalue weighted by atomic mass is 16.6. The Morgan fingerprint density at radius 2 is 2.22 bits per heavy atom. The van der Waals surface area contributed by atoms with E-state index in [-0.39, 0.29) is 18.9 Å². The fraction of sp³-hybridized carbons (Fsp3) is 0.429. The van der Waals surface area contributed by atoms with Crippen molar-refractivity contribution in [2.24, 2.45) is 0 Å². The molecule has 23 heavy (non-hydrogen) atoms. The molecule has 9 heteroatoms. The first kappa shape index (κ1) is 16.7. The smallest absolute Gasteiger partial charge is 0.381 e. The summed E-state index contributed by atoms with van der Waals surface area (Å²) in [6, 6.07) is 3.37. The second-order valence-corrected chi connectivity index (χ2v) is 5.49. The largest absolute Gasteiger partial charge is 0.463 e. The average Bonchev–Trinajstić information content (AvgIpc) is 3.04. The molecular formula is C14H18N4O5. The van der Waals surface area contributed by atoms with Gasteiger partial charge in [-0.15, -0.1) is 0 Å². The Kier molecular flexibility index (Phi) is 4.50. The van der Waals surface area contributed by atoms with E-state index < -0.39 is 16.4 Å². The van der Waals surface area contributed by atoms with E-state index in [0.717, 1.165) is 0 Å². The summed E-state index contributed by atoms with van der Waals surface area (Å²) in [4.78, 5) is 25.7. The number of hydrogen-bond donors (Lipinski definition) is 2. The molecule has 0 fully saturated rings. The molecule has 0 aliphatic heterocycles. The number of carbonyl (C=O) groups excluding carboxylic acids is 1. The minimum atomic E-state index is -1.35. The summed E-state index contributed by atoms with van der Waals surface area (Å²) in [5, 5.41) is 23.6. The number of carbonyl (C=O) groups is 1. The van der Waals surface area contributed by atoms with Crippen LogP contribution in [0.5, 0.6) is 0 Å². The minimum Gasteiger partial charge on any atom is -0.463 e. The molecule has 2 N–H and O–H groups in total. The number of nitrogens with one attached hydrogen (secondary N) is 1. The van der Waals surface area contributed by atoms with Crippen molar-refractivity contribution in [2.75, 3.05) is 6.54 Å². The Hall–Kier alpha value is -2.68. The SMILES string of the molecule is Cc1ccc(C(C)(O)CNC(=O)Cn2cc([N+](=O)[O-])nc2C)o1. The lowest BCUT2D eigenvalue weighted by Gasteiger charge is -2.21. The van der Waals surface area contributed by atoms with Gasteiger partial charge in [0.15, 0.2) is 0 Å². The van der Waals surface area contributed by atoms with Crippen LogP contribution < -0.4 is 5.32 Å². The van der Waals surface area contributed by atoms with Gasteiger partial charge in [0.1, 0.15) is 29.9 Å². The van der Waals surface area contributed by atoms with Gasteiger partial charge in [-0.25, -0.2) is 0 Å². The summed E-state index contributed by atoms with van der Waals surface area (Å²) in [5.74, 6) is 0.662. The van der Waals surface area contributed by atoms with E-state index in [1.165, 1.54) is 17.7 Å². The maximum absolute atomic E-state index is 12.0. The topological polar surface area (TPSA) is 123 Å². The van der Waals surface area contributed by atoms with Gasteiger partial charge in [-0.2, -0.15) is 0 Å². The molecule has 0 aliphatic rings. The second kappa shape index (κ2) is 6.21. The fourth-order valence-electron chi connectivity index (χ4n) is 2.03. The molecule has 2 aromatic heterocycles. The van der Waals surface area contributed by atoms with Crippen molar-refractivity contribution in [1.82, 2.24) is 14.9 Å². The number of aliphatic hydroxyl groups is 1. The Bertz CT molecular complexity index is 731. The molecule has 9 nitrogen and oxygen atoms in total. The van der Waals surface area contributed by atoms with Crippen molar-refractivity contribution in [2.45, 2.75) is 32.9 Å². The highest BCUT2D eigenvalue weighted by Gasteiger charge is 2.27. The number of nitro groups is 1. The van der Waals surface area contributed by atoms with E-state index in [9.17, 15) is 20.0 Å². The van der Waals surface area contributed by atoms with Gasteiger partial charge >= 0.3 is 5.82 Å². The van der Waals surface area contributed by atoms with E-state index in [1.807, 2.05) is 0 Å². The Morgan fingerprint density at radius 1 is 1.52 bits per heavy atom. The van der Waals surface area contributed by atoms with E-state index in [4.69, 9.17) is 4.42 Å². The van der Waals surface area contributed by atoms with Crippen LogP contribution >= 0.6 is 0 Å². The van der Waals surface area contributed by atoms with Crippen molar-refractivity contribution in [1.29, 1.82) is 0 Å². The molecule has 1 amide bonds. The molecule has 124 valence electrons. The van der Waals surface area contributed by atoms with Crippen LogP contribution in [0.3, 0.4) is 0 Å². The van der Waals surface area contributed by atoms with Gasteiger partial charge in [-0.3, -0.25) is 9.36 Å². The quantitative estimate of drug-likeness (QED) is 0.604. The van der Waals surface area contributed by atoms with Gasteiger partial charge in [0.05, 0.1) is 6.54 Å². The third kappa shape index (κ3) is 3.95. The lowest BCUT2D eigenvalue weighted by molar-refractivity contribution is -0.389. The molecule has 0 saturated carbocycles. The molecule has 2 aromatic rings. The summed E-state index contributed by atoms with van der Waals surface area (Å²) in [6.07, 6.45) is 1.20. The van der Waals surface area contributed by atoms with Gasteiger partial charge in [0, 0.05) is 6.92 Å². The van der Waals surface area contributed by atoms with Crippen LogP contribution in [0.1, 0.15) is 24.3 Å². The summed E-state index contributed by atoms with van der Waals surface area (Å²) in [7, 11) is 0. The highest BCUT2D eigenvalue weighted by molar-refractivity contribution is 5.75. The maximum atomic E-state index is 12.0. The number of hydrogen-bond acceptors (Lipinski definition) is 6. The molecule has 0 aromatic carbocycles. The van der Waals surface area contributed by atoms with Crippen molar-refractivity contribution in [3.8, 4) is 0 Å². The number of aryl methyl sites for hydroxylation is 2. The number of rotatable bonds is 6. The molecule has 1 unspecified atom stereocenters. The number of aromatic nitrogens is 2. The van der Waals surface area contributed by atoms with Crippen LogP contribution in [0.15, 0.2) is 22.7 Å². The van der Waals surface area contributed by atoms with Gasteiger partial charge in [-0.05, 0) is 35.9 Å². The van der Waals surface area contributed by atoms with E-state index >= 15 is 0 Å². The zero-order chi connectivity index (χ0) is 17.2. The zero-order valence-corrected chi connectivity index (χ0v) is 13.1. The Morgan fingerprint density at radius 3 is 2.74 bits per heavy atom. The van der Waals surface area contributed by atoms with Crippen molar-refractivity contribution < 1.29 is 19.2 Å². The highest BCUT2D eigenvalue weighted by Crippen LogP contribution is 2.21. The van der Waals surface area contributed by atoms with Crippen molar-refractivity contribution in [3.63, 3.8) is 0 Å². The van der Waals surface area contributed by atoms with Crippen LogP contribution in [0, 0.1) is 24.0 Å². The predicted molar refractivity (Wildman–Crippen MR) is 79.6 cm³/mol. The Balaban J connectivity index is 1.96. The van der Waals surface area contributed by atoms with Crippen molar-refractivity contribution >= 4 is 11.7 Å². The molecule has 2 rings (SSSR count). The van der Waals surface area contributed by atoms with Gasteiger partial charge in [0.2, 0.25) is 11.7 Å². The van der Waals surface area contributed by atoms with Crippen LogP contribution in [0.4, 0.5) is 5.82 Å². The molecule has 2 heterocycles. The molecule has 0 radical (unpaired) electrons. The number of imidazole rings is 1. The first-order chi connectivity index (χ1) is 10.7. The molecule has 0 spiro atoms. The van der Waals surface area contributed by atoms with Gasteiger partial charge in [-0.1, -0.05) is 0 Å². The molecule has 0 bridgehead atoms. The summed E-state index contributed by atoms with van der Waals surface area (Å²) >= 11 is 0. The normalized spacial score (nSPS) is 13.6. The average molecular weight is 322 g/mol. The molecule has 0 aliphatic carbocycles. The maximum Gasteiger partial charge on any atom is 0.381 e. The van der Waals surface area contributed by atoms with Crippen LogP contribution in [0.25, 0.3) is 0 Å². The number of nitrogens with zero attached hydrogens (tertiary/aromatic N) is 3. The standard InChI is InChI=1S/C14H18N4O5/c1-9-4-5-11(23-9)14(3,20)8-15-13(19)7-17-6-12(18(21)22)16-10(17)2/h4-6,20H,7-8H2,1-3H3,(H,15,19). The van der Waals surface area contributed by atoms with Crippen LogP contribution in [-0.2, 0) is 16.9 Å². The number of furan rings is 1. The first-order valence-electron chi connectivity index (χ1n) is 6.93. The predicted octanol–water partition coefficient (Wildman–Crippen LogP) is 1.03.